The van der Waals surface area contributed by atoms with Crippen LogP contribution in [0.3, 0.4) is 0 Å². The number of hydrogen-bond acceptors (Lipinski definition) is 4. The van der Waals surface area contributed by atoms with Crippen molar-refractivity contribution in [2.75, 3.05) is 33.3 Å². The third kappa shape index (κ3) is 4.10. The fraction of sp³-hybridized carbons (Fsp3) is 0.381. The van der Waals surface area contributed by atoms with Gasteiger partial charge < -0.3 is 14.5 Å². The van der Waals surface area contributed by atoms with Gasteiger partial charge in [-0.25, -0.2) is 0 Å². The highest BCUT2D eigenvalue weighted by atomic mass is 16.5. The lowest BCUT2D eigenvalue weighted by atomic mass is 9.99. The number of benzene rings is 1. The quantitative estimate of drug-likeness (QED) is 0.834. The van der Waals surface area contributed by atoms with Crippen molar-refractivity contribution >= 4 is 11.8 Å². The first-order valence-electron chi connectivity index (χ1n) is 9.18. The zero-order chi connectivity index (χ0) is 19.4. The summed E-state index contributed by atoms with van der Waals surface area (Å²) in [4.78, 5) is 33.2. The molecule has 0 unspecified atom stereocenters. The fourth-order valence-electron chi connectivity index (χ4n) is 3.19. The van der Waals surface area contributed by atoms with Gasteiger partial charge in [0.15, 0.2) is 0 Å². The van der Waals surface area contributed by atoms with Gasteiger partial charge in [-0.3, -0.25) is 14.6 Å². The van der Waals surface area contributed by atoms with Crippen molar-refractivity contribution in [2.45, 2.75) is 19.8 Å². The van der Waals surface area contributed by atoms with E-state index in [9.17, 15) is 9.59 Å². The summed E-state index contributed by atoms with van der Waals surface area (Å²) >= 11 is 0. The number of piperazine rings is 1. The third-order valence-corrected chi connectivity index (χ3v) is 4.86. The molecule has 0 radical (unpaired) electrons. The maximum Gasteiger partial charge on any atom is 0.272 e. The number of nitrogens with zero attached hydrogens (tertiary/aromatic N) is 3. The number of amides is 2. The molecular formula is C21H25N3O3. The Morgan fingerprint density at radius 3 is 2.22 bits per heavy atom. The van der Waals surface area contributed by atoms with Crippen molar-refractivity contribution in [3.05, 3.63) is 59.4 Å². The van der Waals surface area contributed by atoms with E-state index in [0.717, 1.165) is 5.56 Å². The standard InChI is InChI=1S/C21H25N3O3/c1-15(2)16-7-8-19(27-3)17(14-16)20(25)23-10-12-24(13-11-23)21(26)18-6-4-5-9-22-18/h4-9,14-15H,10-13H2,1-3H3. The van der Waals surface area contributed by atoms with Gasteiger partial charge in [0.2, 0.25) is 0 Å². The summed E-state index contributed by atoms with van der Waals surface area (Å²) in [5.74, 6) is 0.757. The molecule has 0 atom stereocenters. The van der Waals surface area contributed by atoms with Gasteiger partial charge in [0.25, 0.3) is 11.8 Å². The second-order valence-electron chi connectivity index (χ2n) is 6.91. The minimum absolute atomic E-state index is 0.0562. The number of rotatable bonds is 4. The van der Waals surface area contributed by atoms with Crippen LogP contribution in [0.4, 0.5) is 0 Å². The molecule has 27 heavy (non-hydrogen) atoms. The minimum atomic E-state index is -0.0953. The number of carbonyl (C=O) groups is 2. The smallest absolute Gasteiger partial charge is 0.272 e. The van der Waals surface area contributed by atoms with Crippen molar-refractivity contribution in [3.63, 3.8) is 0 Å². The normalized spacial score (nSPS) is 14.4. The molecule has 6 heteroatoms. The summed E-state index contributed by atoms with van der Waals surface area (Å²) in [6, 6.07) is 11.0. The van der Waals surface area contributed by atoms with E-state index in [0.29, 0.717) is 49.1 Å². The van der Waals surface area contributed by atoms with Gasteiger partial charge in [-0.05, 0) is 35.7 Å². The molecule has 1 aromatic heterocycles. The molecule has 1 aliphatic heterocycles. The molecule has 2 aromatic rings. The number of aromatic nitrogens is 1. The van der Waals surface area contributed by atoms with Gasteiger partial charge in [0.1, 0.15) is 11.4 Å². The first-order valence-corrected chi connectivity index (χ1v) is 9.18. The highest BCUT2D eigenvalue weighted by molar-refractivity contribution is 5.97. The van der Waals surface area contributed by atoms with Crippen LogP contribution in [0.5, 0.6) is 5.75 Å². The Balaban J connectivity index is 1.70. The van der Waals surface area contributed by atoms with E-state index in [-0.39, 0.29) is 11.8 Å². The van der Waals surface area contributed by atoms with Crippen LogP contribution in [0.2, 0.25) is 0 Å². The molecule has 0 saturated carbocycles. The summed E-state index contributed by atoms with van der Waals surface area (Å²) in [6.07, 6.45) is 1.61. The Labute approximate surface area is 159 Å². The largest absolute Gasteiger partial charge is 0.496 e. The lowest BCUT2D eigenvalue weighted by Crippen LogP contribution is -2.50. The second kappa shape index (κ2) is 8.20. The van der Waals surface area contributed by atoms with Crippen LogP contribution in [0.1, 0.15) is 46.2 Å². The Morgan fingerprint density at radius 1 is 1.00 bits per heavy atom. The molecule has 6 nitrogen and oxygen atoms in total. The zero-order valence-corrected chi connectivity index (χ0v) is 16.0. The number of pyridine rings is 1. The van der Waals surface area contributed by atoms with Gasteiger partial charge in [-0.1, -0.05) is 26.0 Å². The third-order valence-electron chi connectivity index (χ3n) is 4.86. The number of carbonyl (C=O) groups excluding carboxylic acids is 2. The monoisotopic (exact) mass is 367 g/mol. The van der Waals surface area contributed by atoms with Crippen molar-refractivity contribution in [2.24, 2.45) is 0 Å². The van der Waals surface area contributed by atoms with Crippen molar-refractivity contribution in [3.8, 4) is 5.75 Å². The van der Waals surface area contributed by atoms with Crippen molar-refractivity contribution in [1.29, 1.82) is 0 Å². The van der Waals surface area contributed by atoms with Crippen LogP contribution >= 0.6 is 0 Å². The molecule has 142 valence electrons. The average Bonchev–Trinajstić information content (AvgIpc) is 2.73. The molecule has 1 fully saturated rings. The predicted octanol–water partition coefficient (Wildman–Crippen LogP) is 2.81. The Bertz CT molecular complexity index is 813. The lowest BCUT2D eigenvalue weighted by molar-refractivity contribution is 0.0530. The lowest BCUT2D eigenvalue weighted by Gasteiger charge is -2.35. The van der Waals surface area contributed by atoms with Gasteiger partial charge in [0.05, 0.1) is 12.7 Å². The van der Waals surface area contributed by atoms with Gasteiger partial charge in [-0.15, -0.1) is 0 Å². The molecule has 0 bridgehead atoms. The summed E-state index contributed by atoms with van der Waals surface area (Å²) < 4.78 is 5.39. The van der Waals surface area contributed by atoms with E-state index in [1.54, 1.807) is 41.3 Å². The van der Waals surface area contributed by atoms with Gasteiger partial charge in [0, 0.05) is 32.4 Å². The number of ether oxygens (including phenoxy) is 1. The van der Waals surface area contributed by atoms with E-state index in [2.05, 4.69) is 18.8 Å². The second-order valence-corrected chi connectivity index (χ2v) is 6.91. The van der Waals surface area contributed by atoms with Crippen LogP contribution in [-0.4, -0.2) is 59.9 Å². The van der Waals surface area contributed by atoms with E-state index in [4.69, 9.17) is 4.74 Å². The van der Waals surface area contributed by atoms with E-state index >= 15 is 0 Å². The van der Waals surface area contributed by atoms with Crippen LogP contribution in [0.15, 0.2) is 42.6 Å². The molecule has 3 rings (SSSR count). The molecule has 0 spiro atoms. The highest BCUT2D eigenvalue weighted by Gasteiger charge is 2.27. The zero-order valence-electron chi connectivity index (χ0n) is 16.0. The highest BCUT2D eigenvalue weighted by Crippen LogP contribution is 2.26. The molecule has 0 aliphatic carbocycles. The maximum atomic E-state index is 13.0. The summed E-state index contributed by atoms with van der Waals surface area (Å²) in [5.41, 5.74) is 2.11. The first-order chi connectivity index (χ1) is 13.0. The van der Waals surface area contributed by atoms with Gasteiger partial charge in [-0.2, -0.15) is 0 Å². The SMILES string of the molecule is COc1ccc(C(C)C)cc1C(=O)N1CCN(C(=O)c2ccccn2)CC1. The van der Waals surface area contributed by atoms with Crippen LogP contribution in [0, 0.1) is 0 Å². The molecule has 0 N–H and O–H groups in total. The van der Waals surface area contributed by atoms with Crippen molar-refractivity contribution in [1.82, 2.24) is 14.8 Å². The predicted molar refractivity (Wildman–Crippen MR) is 103 cm³/mol. The fourth-order valence-corrected chi connectivity index (χ4v) is 3.19. The molecule has 1 aliphatic rings. The molecule has 1 aromatic carbocycles. The summed E-state index contributed by atoms with van der Waals surface area (Å²) in [6.45, 7) is 6.16. The average molecular weight is 367 g/mol. The number of hydrogen-bond donors (Lipinski definition) is 0. The maximum absolute atomic E-state index is 13.0. The number of methoxy groups -OCH3 is 1. The van der Waals surface area contributed by atoms with Gasteiger partial charge >= 0.3 is 0 Å². The minimum Gasteiger partial charge on any atom is -0.496 e. The van der Waals surface area contributed by atoms with Crippen molar-refractivity contribution < 1.29 is 14.3 Å². The topological polar surface area (TPSA) is 62.7 Å². The molecule has 1 saturated heterocycles. The summed E-state index contributed by atoms with van der Waals surface area (Å²) in [5, 5.41) is 0. The molecule has 2 amide bonds. The first kappa shape index (κ1) is 18.9. The Kier molecular flexibility index (Phi) is 5.74. The Hall–Kier alpha value is -2.89. The molecular weight excluding hydrogens is 342 g/mol. The van der Waals surface area contributed by atoms with E-state index < -0.39 is 0 Å². The molecule has 2 heterocycles. The van der Waals surface area contributed by atoms with Crippen LogP contribution in [0.25, 0.3) is 0 Å². The van der Waals surface area contributed by atoms with Crippen LogP contribution in [-0.2, 0) is 0 Å². The van der Waals surface area contributed by atoms with E-state index in [1.165, 1.54) is 0 Å². The van der Waals surface area contributed by atoms with Crippen LogP contribution < -0.4 is 4.74 Å². The van der Waals surface area contributed by atoms with E-state index in [1.807, 2.05) is 18.2 Å². The summed E-state index contributed by atoms with van der Waals surface area (Å²) in [7, 11) is 1.57. The Morgan fingerprint density at radius 2 is 1.67 bits per heavy atom.